The van der Waals surface area contributed by atoms with Crippen molar-refractivity contribution in [3.8, 4) is 11.5 Å². The summed E-state index contributed by atoms with van der Waals surface area (Å²) in [4.78, 5) is 11.8. The van der Waals surface area contributed by atoms with Crippen LogP contribution in [0.1, 0.15) is 11.1 Å². The molecule has 2 rings (SSSR count). The van der Waals surface area contributed by atoms with Crippen LogP contribution in [0.4, 0.5) is 10.5 Å². The second-order valence-electron chi connectivity index (χ2n) is 4.68. The van der Waals surface area contributed by atoms with Crippen LogP contribution in [0.5, 0.6) is 11.5 Å². The van der Waals surface area contributed by atoms with Gasteiger partial charge in [-0.2, -0.15) is 0 Å². The lowest BCUT2D eigenvalue weighted by Gasteiger charge is -2.09. The highest BCUT2D eigenvalue weighted by atomic mass is 16.5. The number of ether oxygens (including phenoxy) is 1. The highest BCUT2D eigenvalue weighted by molar-refractivity contribution is 5.89. The summed E-state index contributed by atoms with van der Waals surface area (Å²) in [5.74, 6) is 0.457. The van der Waals surface area contributed by atoms with Crippen molar-refractivity contribution in [1.82, 2.24) is 5.32 Å². The first kappa shape index (κ1) is 14.7. The number of aryl methyl sites for hydroxylation is 1. The molecule has 0 radical (unpaired) electrons. The summed E-state index contributed by atoms with van der Waals surface area (Å²) in [5, 5.41) is 15.0. The highest BCUT2D eigenvalue weighted by Crippen LogP contribution is 2.26. The van der Waals surface area contributed by atoms with Crippen LogP contribution in [0.3, 0.4) is 0 Å². The van der Waals surface area contributed by atoms with Crippen LogP contribution in [0.2, 0.25) is 0 Å². The Hall–Kier alpha value is -2.69. The molecule has 0 aliphatic heterocycles. The minimum absolute atomic E-state index is 0.0744. The van der Waals surface area contributed by atoms with Crippen molar-refractivity contribution >= 4 is 11.7 Å². The van der Waals surface area contributed by atoms with Gasteiger partial charge in [0.15, 0.2) is 11.5 Å². The number of hydrogen-bond donors (Lipinski definition) is 3. The zero-order valence-corrected chi connectivity index (χ0v) is 12.0. The molecule has 0 saturated carbocycles. The molecule has 2 amide bonds. The fourth-order valence-electron chi connectivity index (χ4n) is 1.83. The zero-order chi connectivity index (χ0) is 15.2. The first-order valence-electron chi connectivity index (χ1n) is 6.56. The van der Waals surface area contributed by atoms with E-state index in [1.54, 1.807) is 12.1 Å². The van der Waals surface area contributed by atoms with Crippen molar-refractivity contribution in [2.75, 3.05) is 12.4 Å². The number of nitrogens with one attached hydrogen (secondary N) is 2. The van der Waals surface area contributed by atoms with Gasteiger partial charge in [-0.05, 0) is 36.8 Å². The van der Waals surface area contributed by atoms with Crippen molar-refractivity contribution in [3.05, 3.63) is 53.6 Å². The lowest BCUT2D eigenvalue weighted by atomic mass is 10.2. The van der Waals surface area contributed by atoms with Crippen LogP contribution in [-0.4, -0.2) is 18.2 Å². The molecule has 0 atom stereocenters. The molecule has 2 aromatic rings. The van der Waals surface area contributed by atoms with E-state index in [0.29, 0.717) is 12.3 Å². The van der Waals surface area contributed by atoms with Gasteiger partial charge in [0.25, 0.3) is 0 Å². The zero-order valence-electron chi connectivity index (χ0n) is 12.0. The first-order chi connectivity index (χ1) is 10.1. The molecule has 5 nitrogen and oxygen atoms in total. The van der Waals surface area contributed by atoms with Crippen molar-refractivity contribution in [1.29, 1.82) is 0 Å². The Balaban J connectivity index is 1.90. The van der Waals surface area contributed by atoms with Gasteiger partial charge in [-0.25, -0.2) is 4.79 Å². The van der Waals surface area contributed by atoms with Crippen LogP contribution < -0.4 is 15.4 Å². The minimum atomic E-state index is -0.286. The number of benzene rings is 2. The molecule has 5 heteroatoms. The number of carbonyl (C=O) groups is 1. The number of amides is 2. The van der Waals surface area contributed by atoms with Gasteiger partial charge in [-0.3, -0.25) is 0 Å². The average molecular weight is 286 g/mol. The minimum Gasteiger partial charge on any atom is -0.504 e. The van der Waals surface area contributed by atoms with Crippen LogP contribution in [-0.2, 0) is 6.54 Å². The summed E-state index contributed by atoms with van der Waals surface area (Å²) in [6.07, 6.45) is 0. The standard InChI is InChI=1S/C16H18N2O3/c1-11-3-6-13(7-4-11)18-16(20)17-10-12-5-8-14(19)15(9-12)21-2/h3-9,19H,10H2,1-2H3,(H2,17,18,20). The summed E-state index contributed by atoms with van der Waals surface area (Å²) in [5.41, 5.74) is 2.71. The first-order valence-corrected chi connectivity index (χ1v) is 6.56. The monoisotopic (exact) mass is 286 g/mol. The fourth-order valence-corrected chi connectivity index (χ4v) is 1.83. The van der Waals surface area contributed by atoms with Crippen molar-refractivity contribution in [2.45, 2.75) is 13.5 Å². The fraction of sp³-hybridized carbons (Fsp3) is 0.188. The van der Waals surface area contributed by atoms with E-state index in [0.717, 1.165) is 16.8 Å². The Labute approximate surface area is 123 Å². The molecule has 0 aliphatic carbocycles. The number of phenols is 1. The lowest BCUT2D eigenvalue weighted by Crippen LogP contribution is -2.28. The van der Waals surface area contributed by atoms with Gasteiger partial charge in [0, 0.05) is 12.2 Å². The molecule has 0 unspecified atom stereocenters. The van der Waals surface area contributed by atoms with E-state index in [1.807, 2.05) is 31.2 Å². The highest BCUT2D eigenvalue weighted by Gasteiger charge is 2.05. The van der Waals surface area contributed by atoms with Crippen molar-refractivity contribution in [3.63, 3.8) is 0 Å². The SMILES string of the molecule is COc1cc(CNC(=O)Nc2ccc(C)cc2)ccc1O. The van der Waals surface area contributed by atoms with E-state index in [2.05, 4.69) is 10.6 Å². The van der Waals surface area contributed by atoms with Gasteiger partial charge in [-0.1, -0.05) is 23.8 Å². The molecule has 0 bridgehead atoms. The second-order valence-corrected chi connectivity index (χ2v) is 4.68. The summed E-state index contributed by atoms with van der Waals surface area (Å²) in [6.45, 7) is 2.33. The number of methoxy groups -OCH3 is 1. The Kier molecular flexibility index (Phi) is 4.66. The largest absolute Gasteiger partial charge is 0.504 e. The third kappa shape index (κ3) is 4.14. The summed E-state index contributed by atoms with van der Waals surface area (Å²) in [6, 6.07) is 12.2. The average Bonchev–Trinajstić information content (AvgIpc) is 2.49. The molecule has 0 saturated heterocycles. The molecule has 2 aromatic carbocycles. The summed E-state index contributed by atoms with van der Waals surface area (Å²) >= 11 is 0. The van der Waals surface area contributed by atoms with E-state index in [9.17, 15) is 9.90 Å². The molecule has 0 aliphatic rings. The van der Waals surface area contributed by atoms with Crippen LogP contribution >= 0.6 is 0 Å². The molecule has 21 heavy (non-hydrogen) atoms. The van der Waals surface area contributed by atoms with Gasteiger partial charge in [0.05, 0.1) is 7.11 Å². The van der Waals surface area contributed by atoms with Crippen LogP contribution in [0.25, 0.3) is 0 Å². The molecule has 110 valence electrons. The van der Waals surface area contributed by atoms with Crippen molar-refractivity contribution < 1.29 is 14.6 Å². The van der Waals surface area contributed by atoms with E-state index in [1.165, 1.54) is 13.2 Å². The normalized spacial score (nSPS) is 10.0. The summed E-state index contributed by atoms with van der Waals surface area (Å²) in [7, 11) is 1.48. The number of anilines is 1. The molecule has 0 spiro atoms. The van der Waals surface area contributed by atoms with Gasteiger partial charge < -0.3 is 20.5 Å². The van der Waals surface area contributed by atoms with Gasteiger partial charge >= 0.3 is 6.03 Å². The molecular weight excluding hydrogens is 268 g/mol. The predicted molar refractivity (Wildman–Crippen MR) is 81.7 cm³/mol. The topological polar surface area (TPSA) is 70.6 Å². The Morgan fingerprint density at radius 3 is 2.57 bits per heavy atom. The van der Waals surface area contributed by atoms with E-state index < -0.39 is 0 Å². The molecular formula is C16H18N2O3. The number of hydrogen-bond acceptors (Lipinski definition) is 3. The molecule has 3 N–H and O–H groups in total. The molecule has 0 fully saturated rings. The molecule has 0 heterocycles. The quantitative estimate of drug-likeness (QED) is 0.809. The molecule has 0 aromatic heterocycles. The summed E-state index contributed by atoms with van der Waals surface area (Å²) < 4.78 is 5.02. The van der Waals surface area contributed by atoms with Crippen molar-refractivity contribution in [2.24, 2.45) is 0 Å². The number of aromatic hydroxyl groups is 1. The van der Waals surface area contributed by atoms with E-state index >= 15 is 0 Å². The van der Waals surface area contributed by atoms with Crippen LogP contribution in [0, 0.1) is 6.92 Å². The number of rotatable bonds is 4. The van der Waals surface area contributed by atoms with Gasteiger partial charge in [0.1, 0.15) is 0 Å². The third-order valence-electron chi connectivity index (χ3n) is 3.01. The maximum Gasteiger partial charge on any atom is 0.319 e. The second kappa shape index (κ2) is 6.65. The Morgan fingerprint density at radius 2 is 1.90 bits per heavy atom. The number of urea groups is 1. The Morgan fingerprint density at radius 1 is 1.19 bits per heavy atom. The maximum absolute atomic E-state index is 11.8. The van der Waals surface area contributed by atoms with E-state index in [-0.39, 0.29) is 11.8 Å². The lowest BCUT2D eigenvalue weighted by molar-refractivity contribution is 0.251. The smallest absolute Gasteiger partial charge is 0.319 e. The number of carbonyl (C=O) groups excluding carboxylic acids is 1. The van der Waals surface area contributed by atoms with Gasteiger partial charge in [0.2, 0.25) is 0 Å². The predicted octanol–water partition coefficient (Wildman–Crippen LogP) is 3.03. The Bertz CT molecular complexity index is 624. The van der Waals surface area contributed by atoms with E-state index in [4.69, 9.17) is 4.74 Å². The van der Waals surface area contributed by atoms with Crippen LogP contribution in [0.15, 0.2) is 42.5 Å². The third-order valence-corrected chi connectivity index (χ3v) is 3.01. The van der Waals surface area contributed by atoms with Gasteiger partial charge in [-0.15, -0.1) is 0 Å². The maximum atomic E-state index is 11.8. The number of phenolic OH excluding ortho intramolecular Hbond substituents is 1.